The first-order valence-corrected chi connectivity index (χ1v) is 9.14. The molecule has 0 atom stereocenters. The molecule has 1 aliphatic heterocycles. The molecule has 1 saturated heterocycles. The van der Waals surface area contributed by atoms with Gasteiger partial charge in [-0.1, -0.05) is 18.2 Å². The third-order valence-electron chi connectivity index (χ3n) is 4.31. The summed E-state index contributed by atoms with van der Waals surface area (Å²) in [6.07, 6.45) is 3.42. The van der Waals surface area contributed by atoms with Gasteiger partial charge in [0.05, 0.1) is 5.03 Å². The molecule has 4 heteroatoms. The van der Waals surface area contributed by atoms with Gasteiger partial charge in [-0.25, -0.2) is 9.37 Å². The third-order valence-corrected chi connectivity index (χ3v) is 5.59. The lowest BCUT2D eigenvalue weighted by Crippen LogP contribution is -2.36. The Hall–Kier alpha value is -1.39. The Morgan fingerprint density at radius 2 is 1.87 bits per heavy atom. The van der Waals surface area contributed by atoms with Gasteiger partial charge in [-0.2, -0.15) is 0 Å². The third kappa shape index (κ3) is 5.05. The lowest BCUT2D eigenvalue weighted by Gasteiger charge is -2.31. The zero-order valence-electron chi connectivity index (χ0n) is 13.5. The number of likely N-dealkylation sites (tertiary alicyclic amines) is 1. The van der Waals surface area contributed by atoms with Gasteiger partial charge in [0, 0.05) is 17.5 Å². The van der Waals surface area contributed by atoms with Gasteiger partial charge in [0.25, 0.3) is 0 Å². The molecule has 1 aromatic carbocycles. The van der Waals surface area contributed by atoms with Gasteiger partial charge >= 0.3 is 0 Å². The van der Waals surface area contributed by atoms with E-state index >= 15 is 0 Å². The van der Waals surface area contributed by atoms with Crippen molar-refractivity contribution in [3.05, 3.63) is 59.5 Å². The molecule has 0 bridgehead atoms. The maximum Gasteiger partial charge on any atom is 0.123 e. The predicted molar refractivity (Wildman–Crippen MR) is 94.4 cm³/mol. The van der Waals surface area contributed by atoms with E-state index in [1.165, 1.54) is 18.4 Å². The number of thioether (sulfide) groups is 1. The number of halogens is 1. The van der Waals surface area contributed by atoms with Crippen LogP contribution in [0, 0.1) is 12.7 Å². The average Bonchev–Trinajstić information content (AvgIpc) is 2.56. The maximum atomic E-state index is 12.9. The van der Waals surface area contributed by atoms with Gasteiger partial charge in [-0.15, -0.1) is 11.8 Å². The van der Waals surface area contributed by atoms with Crippen molar-refractivity contribution >= 4 is 11.8 Å². The van der Waals surface area contributed by atoms with E-state index < -0.39 is 0 Å². The van der Waals surface area contributed by atoms with E-state index in [1.807, 2.05) is 36.9 Å². The molecule has 0 aliphatic carbocycles. The Labute approximate surface area is 142 Å². The van der Waals surface area contributed by atoms with Crippen molar-refractivity contribution in [1.29, 1.82) is 0 Å². The second-order valence-electron chi connectivity index (χ2n) is 6.15. The van der Waals surface area contributed by atoms with Gasteiger partial charge in [0.15, 0.2) is 0 Å². The zero-order valence-corrected chi connectivity index (χ0v) is 14.4. The highest BCUT2D eigenvalue weighted by atomic mass is 32.2. The SMILES string of the molecule is Cc1cccc(SC2CCN(CCc3ccc(F)cc3)CC2)n1. The Balaban J connectivity index is 1.42. The highest BCUT2D eigenvalue weighted by Gasteiger charge is 2.20. The van der Waals surface area contributed by atoms with Gasteiger partial charge in [-0.3, -0.25) is 0 Å². The van der Waals surface area contributed by atoms with Crippen molar-refractivity contribution in [1.82, 2.24) is 9.88 Å². The number of hydrogen-bond donors (Lipinski definition) is 0. The Bertz CT molecular complexity index is 622. The number of piperidine rings is 1. The smallest absolute Gasteiger partial charge is 0.123 e. The summed E-state index contributed by atoms with van der Waals surface area (Å²) in [5, 5.41) is 1.82. The number of rotatable bonds is 5. The van der Waals surface area contributed by atoms with E-state index in [0.717, 1.165) is 36.8 Å². The molecule has 0 amide bonds. The molecule has 0 unspecified atom stereocenters. The molecule has 3 rings (SSSR count). The molecule has 0 spiro atoms. The molecule has 122 valence electrons. The zero-order chi connectivity index (χ0) is 16.1. The van der Waals surface area contributed by atoms with Crippen LogP contribution in [-0.2, 0) is 6.42 Å². The monoisotopic (exact) mass is 330 g/mol. The lowest BCUT2D eigenvalue weighted by molar-refractivity contribution is 0.235. The fourth-order valence-electron chi connectivity index (χ4n) is 2.94. The summed E-state index contributed by atoms with van der Waals surface area (Å²) in [5.41, 5.74) is 2.30. The second kappa shape index (κ2) is 7.93. The number of hydrogen-bond acceptors (Lipinski definition) is 3. The van der Waals surface area contributed by atoms with Crippen LogP contribution in [0.3, 0.4) is 0 Å². The quantitative estimate of drug-likeness (QED) is 0.812. The van der Waals surface area contributed by atoms with Gasteiger partial charge in [0.1, 0.15) is 5.82 Å². The summed E-state index contributed by atoms with van der Waals surface area (Å²) >= 11 is 1.92. The van der Waals surface area contributed by atoms with Crippen molar-refractivity contribution in [3.8, 4) is 0 Å². The van der Waals surface area contributed by atoms with E-state index in [0.29, 0.717) is 5.25 Å². The molecular formula is C19H23FN2S. The van der Waals surface area contributed by atoms with Crippen LogP contribution in [0.25, 0.3) is 0 Å². The van der Waals surface area contributed by atoms with E-state index in [1.54, 1.807) is 12.1 Å². The molecule has 0 N–H and O–H groups in total. The van der Waals surface area contributed by atoms with Crippen molar-refractivity contribution in [2.75, 3.05) is 19.6 Å². The summed E-state index contributed by atoms with van der Waals surface area (Å²) in [6.45, 7) is 5.39. The molecule has 2 nitrogen and oxygen atoms in total. The van der Waals surface area contributed by atoms with Crippen molar-refractivity contribution in [2.45, 2.75) is 36.5 Å². The van der Waals surface area contributed by atoms with Gasteiger partial charge in [0.2, 0.25) is 0 Å². The Morgan fingerprint density at radius 3 is 2.57 bits per heavy atom. The number of benzene rings is 1. The van der Waals surface area contributed by atoms with Crippen LogP contribution in [0.15, 0.2) is 47.5 Å². The van der Waals surface area contributed by atoms with Gasteiger partial charge < -0.3 is 4.90 Å². The van der Waals surface area contributed by atoms with Crippen LogP contribution in [0.2, 0.25) is 0 Å². The molecule has 1 fully saturated rings. The Morgan fingerprint density at radius 1 is 1.13 bits per heavy atom. The number of nitrogens with zero attached hydrogens (tertiary/aromatic N) is 2. The minimum atomic E-state index is -0.156. The van der Waals surface area contributed by atoms with Gasteiger partial charge in [-0.05, 0) is 69.1 Å². The van der Waals surface area contributed by atoms with Crippen molar-refractivity contribution in [3.63, 3.8) is 0 Å². The number of aromatic nitrogens is 1. The molecule has 2 aromatic rings. The number of pyridine rings is 1. The predicted octanol–water partition coefficient (Wildman–Crippen LogP) is 4.33. The molecule has 2 heterocycles. The number of aryl methyl sites for hydroxylation is 1. The van der Waals surface area contributed by atoms with E-state index in [9.17, 15) is 4.39 Å². The average molecular weight is 330 g/mol. The minimum Gasteiger partial charge on any atom is -0.303 e. The topological polar surface area (TPSA) is 16.1 Å². The fraction of sp³-hybridized carbons (Fsp3) is 0.421. The summed E-state index contributed by atoms with van der Waals surface area (Å²) in [4.78, 5) is 7.11. The van der Waals surface area contributed by atoms with Crippen LogP contribution < -0.4 is 0 Å². The molecule has 0 radical (unpaired) electrons. The van der Waals surface area contributed by atoms with Crippen molar-refractivity contribution in [2.24, 2.45) is 0 Å². The first kappa shape index (κ1) is 16.5. The fourth-order valence-corrected chi connectivity index (χ4v) is 4.09. The first-order chi connectivity index (χ1) is 11.2. The van der Waals surface area contributed by atoms with Crippen molar-refractivity contribution < 1.29 is 4.39 Å². The maximum absolute atomic E-state index is 12.9. The highest BCUT2D eigenvalue weighted by Crippen LogP contribution is 2.29. The Kier molecular flexibility index (Phi) is 5.68. The minimum absolute atomic E-state index is 0.156. The summed E-state index contributed by atoms with van der Waals surface area (Å²) < 4.78 is 12.9. The van der Waals surface area contributed by atoms with E-state index in [2.05, 4.69) is 22.0 Å². The molecule has 1 aliphatic rings. The molecular weight excluding hydrogens is 307 g/mol. The summed E-state index contributed by atoms with van der Waals surface area (Å²) in [7, 11) is 0. The molecule has 0 saturated carbocycles. The molecule has 23 heavy (non-hydrogen) atoms. The van der Waals surface area contributed by atoms with Crippen LogP contribution in [0.5, 0.6) is 0 Å². The highest BCUT2D eigenvalue weighted by molar-refractivity contribution is 7.99. The normalized spacial score (nSPS) is 16.6. The second-order valence-corrected chi connectivity index (χ2v) is 7.47. The summed E-state index contributed by atoms with van der Waals surface area (Å²) in [6, 6.07) is 13.1. The van der Waals surface area contributed by atoms with Crippen LogP contribution in [0.1, 0.15) is 24.1 Å². The van der Waals surface area contributed by atoms with E-state index in [4.69, 9.17) is 0 Å². The first-order valence-electron chi connectivity index (χ1n) is 8.26. The van der Waals surface area contributed by atoms with Crippen LogP contribution in [0.4, 0.5) is 4.39 Å². The largest absolute Gasteiger partial charge is 0.303 e. The van der Waals surface area contributed by atoms with Crippen LogP contribution in [-0.4, -0.2) is 34.8 Å². The van der Waals surface area contributed by atoms with Crippen LogP contribution >= 0.6 is 11.8 Å². The molecule has 1 aromatic heterocycles. The summed E-state index contributed by atoms with van der Waals surface area (Å²) in [5.74, 6) is -0.156. The lowest BCUT2D eigenvalue weighted by atomic mass is 10.1. The van der Waals surface area contributed by atoms with E-state index in [-0.39, 0.29) is 5.82 Å². The standard InChI is InChI=1S/C19H23FN2S/c1-15-3-2-4-19(21-15)23-18-10-13-22(14-11-18)12-9-16-5-7-17(20)8-6-16/h2-8,18H,9-14H2,1H3.